The molecule has 0 spiro atoms. The van der Waals surface area contributed by atoms with Crippen LogP contribution in [0.3, 0.4) is 0 Å². The Morgan fingerprint density at radius 2 is 1.85 bits per heavy atom. The summed E-state index contributed by atoms with van der Waals surface area (Å²) in [5.74, 6) is 0.323. The zero-order valence-electron chi connectivity index (χ0n) is 11.6. The third kappa shape index (κ3) is 2.75. The van der Waals surface area contributed by atoms with Crippen LogP contribution in [0, 0.1) is 20.8 Å². The van der Waals surface area contributed by atoms with Crippen molar-refractivity contribution in [3.8, 4) is 0 Å². The first-order valence-corrected chi connectivity index (χ1v) is 7.61. The third-order valence-electron chi connectivity index (χ3n) is 3.23. The average molecular weight is 291 g/mol. The highest BCUT2D eigenvalue weighted by Crippen LogP contribution is 2.23. The number of hydrogen-bond acceptors (Lipinski definition) is 4. The molecule has 3 N–H and O–H groups in total. The van der Waals surface area contributed by atoms with E-state index < -0.39 is 10.0 Å². The SMILES string of the molecule is Cc1cccnc1NS(=O)(=O)c1cc(C)c(C)c(N)c1. The smallest absolute Gasteiger partial charge is 0.263 e. The van der Waals surface area contributed by atoms with Crippen molar-refractivity contribution < 1.29 is 8.42 Å². The molecule has 0 atom stereocenters. The normalized spacial score (nSPS) is 11.3. The highest BCUT2D eigenvalue weighted by atomic mass is 32.2. The molecule has 0 unspecified atom stereocenters. The number of sulfonamides is 1. The number of benzene rings is 1. The fourth-order valence-corrected chi connectivity index (χ4v) is 2.99. The molecular formula is C14H17N3O2S. The van der Waals surface area contributed by atoms with E-state index in [-0.39, 0.29) is 4.90 Å². The number of hydrogen-bond donors (Lipinski definition) is 2. The molecule has 2 aromatic rings. The van der Waals surface area contributed by atoms with Crippen LogP contribution in [0.2, 0.25) is 0 Å². The van der Waals surface area contributed by atoms with E-state index in [2.05, 4.69) is 9.71 Å². The Labute approximate surface area is 118 Å². The Bertz CT molecular complexity index is 732. The number of nitrogens with zero attached hydrogens (tertiary/aromatic N) is 1. The van der Waals surface area contributed by atoms with Gasteiger partial charge in [0.25, 0.3) is 10.0 Å². The van der Waals surface area contributed by atoms with Gasteiger partial charge in [0, 0.05) is 11.9 Å². The standard InChI is InChI=1S/C14H17N3O2S/c1-9-5-4-6-16-14(9)17-20(18,19)12-7-10(2)11(3)13(15)8-12/h4-8H,15H2,1-3H3,(H,16,17). The minimum absolute atomic E-state index is 0.142. The fourth-order valence-electron chi connectivity index (χ4n) is 1.79. The summed E-state index contributed by atoms with van der Waals surface area (Å²) in [6.45, 7) is 5.48. The van der Waals surface area contributed by atoms with Crippen molar-refractivity contribution in [2.75, 3.05) is 10.5 Å². The number of nitrogen functional groups attached to an aromatic ring is 1. The molecule has 0 aliphatic rings. The average Bonchev–Trinajstić information content (AvgIpc) is 2.38. The third-order valence-corrected chi connectivity index (χ3v) is 4.55. The lowest BCUT2D eigenvalue weighted by molar-refractivity contribution is 0.601. The van der Waals surface area contributed by atoms with Gasteiger partial charge in [0.2, 0.25) is 0 Å². The van der Waals surface area contributed by atoms with Crippen LogP contribution in [0.4, 0.5) is 11.5 Å². The Hall–Kier alpha value is -2.08. The monoisotopic (exact) mass is 291 g/mol. The Morgan fingerprint density at radius 3 is 2.45 bits per heavy atom. The lowest BCUT2D eigenvalue weighted by Crippen LogP contribution is -2.15. The van der Waals surface area contributed by atoms with Gasteiger partial charge in [-0.3, -0.25) is 4.72 Å². The largest absolute Gasteiger partial charge is 0.398 e. The second kappa shape index (κ2) is 5.13. The molecular weight excluding hydrogens is 274 g/mol. The highest BCUT2D eigenvalue weighted by molar-refractivity contribution is 7.92. The zero-order valence-corrected chi connectivity index (χ0v) is 12.5. The van der Waals surface area contributed by atoms with E-state index in [1.807, 2.05) is 13.8 Å². The number of pyridine rings is 1. The quantitative estimate of drug-likeness (QED) is 0.850. The van der Waals surface area contributed by atoms with Gasteiger partial charge in [0.1, 0.15) is 5.82 Å². The number of nitrogens with two attached hydrogens (primary N) is 1. The molecule has 0 aliphatic heterocycles. The maximum absolute atomic E-state index is 12.4. The number of anilines is 2. The first-order valence-electron chi connectivity index (χ1n) is 6.12. The van der Waals surface area contributed by atoms with Gasteiger partial charge in [-0.25, -0.2) is 13.4 Å². The molecule has 1 aromatic carbocycles. The van der Waals surface area contributed by atoms with Gasteiger partial charge in [-0.05, 0) is 55.7 Å². The van der Waals surface area contributed by atoms with Crippen LogP contribution in [0.25, 0.3) is 0 Å². The predicted octanol–water partition coefficient (Wildman–Crippen LogP) is 2.39. The first kappa shape index (κ1) is 14.3. The zero-order chi connectivity index (χ0) is 14.9. The molecule has 0 saturated heterocycles. The molecule has 106 valence electrons. The van der Waals surface area contributed by atoms with Gasteiger partial charge >= 0.3 is 0 Å². The van der Waals surface area contributed by atoms with Crippen molar-refractivity contribution in [3.63, 3.8) is 0 Å². The van der Waals surface area contributed by atoms with Gasteiger partial charge in [-0.1, -0.05) is 6.07 Å². The van der Waals surface area contributed by atoms with Crippen LogP contribution in [0.1, 0.15) is 16.7 Å². The lowest BCUT2D eigenvalue weighted by atomic mass is 10.1. The molecule has 5 nitrogen and oxygen atoms in total. The maximum atomic E-state index is 12.4. The Kier molecular flexibility index (Phi) is 3.67. The summed E-state index contributed by atoms with van der Waals surface area (Å²) in [5.41, 5.74) is 8.78. The van der Waals surface area contributed by atoms with E-state index in [1.54, 1.807) is 31.3 Å². The van der Waals surface area contributed by atoms with E-state index in [9.17, 15) is 8.42 Å². The summed E-state index contributed by atoms with van der Waals surface area (Å²) in [6, 6.07) is 6.61. The number of rotatable bonds is 3. The van der Waals surface area contributed by atoms with Gasteiger partial charge in [-0.15, -0.1) is 0 Å². The van der Waals surface area contributed by atoms with Gasteiger partial charge < -0.3 is 5.73 Å². The van der Waals surface area contributed by atoms with Gasteiger partial charge in [-0.2, -0.15) is 0 Å². The van der Waals surface area contributed by atoms with Crippen molar-refractivity contribution in [3.05, 3.63) is 47.2 Å². The van der Waals surface area contributed by atoms with Crippen LogP contribution < -0.4 is 10.5 Å². The van der Waals surface area contributed by atoms with E-state index in [1.165, 1.54) is 6.07 Å². The van der Waals surface area contributed by atoms with E-state index >= 15 is 0 Å². The molecule has 0 radical (unpaired) electrons. The molecule has 0 aliphatic carbocycles. The summed E-state index contributed by atoms with van der Waals surface area (Å²) in [4.78, 5) is 4.17. The van der Waals surface area contributed by atoms with Crippen molar-refractivity contribution in [2.24, 2.45) is 0 Å². The minimum Gasteiger partial charge on any atom is -0.398 e. The van der Waals surface area contributed by atoms with Crippen LogP contribution >= 0.6 is 0 Å². The van der Waals surface area contributed by atoms with Crippen molar-refractivity contribution >= 4 is 21.5 Å². The molecule has 20 heavy (non-hydrogen) atoms. The van der Waals surface area contributed by atoms with Crippen LogP contribution in [0.15, 0.2) is 35.4 Å². The molecule has 0 fully saturated rings. The maximum Gasteiger partial charge on any atom is 0.263 e. The lowest BCUT2D eigenvalue weighted by Gasteiger charge is -2.12. The summed E-state index contributed by atoms with van der Waals surface area (Å²) < 4.78 is 27.2. The van der Waals surface area contributed by atoms with Gasteiger partial charge in [0.15, 0.2) is 0 Å². The molecule has 1 aromatic heterocycles. The van der Waals surface area contributed by atoms with Gasteiger partial charge in [0.05, 0.1) is 4.90 Å². The van der Waals surface area contributed by atoms with E-state index in [0.29, 0.717) is 11.5 Å². The molecule has 6 heteroatoms. The molecule has 0 bridgehead atoms. The minimum atomic E-state index is -3.69. The van der Waals surface area contributed by atoms with Crippen LogP contribution in [-0.4, -0.2) is 13.4 Å². The summed E-state index contributed by atoms with van der Waals surface area (Å²) in [6.07, 6.45) is 1.54. The topological polar surface area (TPSA) is 85.1 Å². The van der Waals surface area contributed by atoms with Crippen LogP contribution in [-0.2, 0) is 10.0 Å². The summed E-state index contributed by atoms with van der Waals surface area (Å²) >= 11 is 0. The number of aryl methyl sites for hydroxylation is 2. The molecule has 2 rings (SSSR count). The summed E-state index contributed by atoms with van der Waals surface area (Å²) in [7, 11) is -3.69. The second-order valence-corrected chi connectivity index (χ2v) is 6.41. The predicted molar refractivity (Wildman–Crippen MR) is 80.1 cm³/mol. The molecule has 0 saturated carbocycles. The fraction of sp³-hybridized carbons (Fsp3) is 0.214. The number of aromatic nitrogens is 1. The highest BCUT2D eigenvalue weighted by Gasteiger charge is 2.17. The number of nitrogens with one attached hydrogen (secondary N) is 1. The molecule has 1 heterocycles. The van der Waals surface area contributed by atoms with Crippen molar-refractivity contribution in [1.82, 2.24) is 4.98 Å². The van der Waals surface area contributed by atoms with E-state index in [4.69, 9.17) is 5.73 Å². The summed E-state index contributed by atoms with van der Waals surface area (Å²) in [5, 5.41) is 0. The second-order valence-electron chi connectivity index (χ2n) is 4.73. The molecule has 0 amide bonds. The Balaban J connectivity index is 2.44. The Morgan fingerprint density at radius 1 is 1.15 bits per heavy atom. The van der Waals surface area contributed by atoms with Crippen molar-refractivity contribution in [2.45, 2.75) is 25.7 Å². The first-order chi connectivity index (χ1) is 9.31. The van der Waals surface area contributed by atoms with Crippen molar-refractivity contribution in [1.29, 1.82) is 0 Å². The van der Waals surface area contributed by atoms with Crippen LogP contribution in [0.5, 0.6) is 0 Å². The van der Waals surface area contributed by atoms with E-state index in [0.717, 1.165) is 16.7 Å².